The summed E-state index contributed by atoms with van der Waals surface area (Å²) in [5.41, 5.74) is 5.77. The predicted molar refractivity (Wildman–Crippen MR) is 153 cm³/mol. The fraction of sp³-hybridized carbons (Fsp3) is 0.188. The summed E-state index contributed by atoms with van der Waals surface area (Å²) in [6.07, 6.45) is 5.26. The predicted octanol–water partition coefficient (Wildman–Crippen LogP) is 6.96. The van der Waals surface area contributed by atoms with Crippen LogP contribution in [0.5, 0.6) is 0 Å². The highest BCUT2D eigenvalue weighted by Gasteiger charge is 2.16. The summed E-state index contributed by atoms with van der Waals surface area (Å²) in [5, 5.41) is 12.7. The van der Waals surface area contributed by atoms with Crippen LogP contribution in [0.3, 0.4) is 0 Å². The molecule has 4 rings (SSSR count). The fourth-order valence-corrected chi connectivity index (χ4v) is 3.86. The van der Waals surface area contributed by atoms with Gasteiger partial charge in [-0.05, 0) is 36.2 Å². The van der Waals surface area contributed by atoms with Gasteiger partial charge < -0.3 is 15.0 Å². The maximum absolute atomic E-state index is 13.3. The Kier molecular flexibility index (Phi) is 9.61. The number of hydrogen-bond acceptors (Lipinski definition) is 3. The van der Waals surface area contributed by atoms with Gasteiger partial charge in [-0.1, -0.05) is 105 Å². The summed E-state index contributed by atoms with van der Waals surface area (Å²) in [6, 6.07) is 25.3. The molecular weight excluding hydrogens is 460 g/mol. The van der Waals surface area contributed by atoms with Gasteiger partial charge in [-0.3, -0.25) is 9.59 Å². The maximum Gasteiger partial charge on any atom is 0.322 e. The summed E-state index contributed by atoms with van der Waals surface area (Å²) in [7, 11) is 0. The molecule has 0 amide bonds. The molecule has 1 heterocycles. The molecule has 0 spiro atoms. The number of ketones is 1. The third kappa shape index (κ3) is 7.31. The molecule has 0 bridgehead atoms. The minimum absolute atomic E-state index is 0.00704. The van der Waals surface area contributed by atoms with Crippen LogP contribution in [0.2, 0.25) is 0 Å². The monoisotopic (exact) mass is 494 g/mol. The first-order valence-electron chi connectivity index (χ1n) is 12.4. The van der Waals surface area contributed by atoms with E-state index in [2.05, 4.69) is 25.7 Å². The number of aliphatic carboxylic acids is 1. The second-order valence-electron chi connectivity index (χ2n) is 8.85. The molecule has 37 heavy (non-hydrogen) atoms. The first-order valence-corrected chi connectivity index (χ1v) is 12.4. The number of aryl methyl sites for hydroxylation is 1. The van der Waals surface area contributed by atoms with Gasteiger partial charge in [0.25, 0.3) is 0 Å². The smallest absolute Gasteiger partial charge is 0.322 e. The Morgan fingerprint density at radius 3 is 2.35 bits per heavy atom. The molecule has 0 atom stereocenters. The molecule has 0 aliphatic carbocycles. The summed E-state index contributed by atoms with van der Waals surface area (Å²) in [5.74, 6) is -0.945. The lowest BCUT2D eigenvalue weighted by Crippen LogP contribution is -2.20. The molecule has 0 unspecified atom stereocenters. The van der Waals surface area contributed by atoms with Crippen molar-refractivity contribution in [3.8, 4) is 0 Å². The molecule has 5 heteroatoms. The Balaban J connectivity index is 0.00000121. The SMILES string of the molecule is C=C(NCC(=O)O)c1cccc(/C=C/Cn2c(C(=O)c3ccc(C)cc3)cc3ccccc32)c1.CCC. The molecular formula is C32H34N2O3. The van der Waals surface area contributed by atoms with Gasteiger partial charge in [-0.15, -0.1) is 0 Å². The Labute approximate surface area is 218 Å². The van der Waals surface area contributed by atoms with Crippen molar-refractivity contribution in [1.82, 2.24) is 9.88 Å². The summed E-state index contributed by atoms with van der Waals surface area (Å²) in [4.78, 5) is 24.1. The van der Waals surface area contributed by atoms with E-state index in [9.17, 15) is 9.59 Å². The molecule has 0 aliphatic heterocycles. The first kappa shape index (κ1) is 27.2. The highest BCUT2D eigenvalue weighted by molar-refractivity contribution is 6.10. The number of carbonyl (C=O) groups excluding carboxylic acids is 1. The zero-order valence-corrected chi connectivity index (χ0v) is 21.7. The van der Waals surface area contributed by atoms with Crippen molar-refractivity contribution in [2.24, 2.45) is 0 Å². The van der Waals surface area contributed by atoms with Gasteiger partial charge in [0.1, 0.15) is 6.54 Å². The van der Waals surface area contributed by atoms with Crippen LogP contribution in [0, 0.1) is 6.92 Å². The number of carboxylic acid groups (broad SMARTS) is 1. The lowest BCUT2D eigenvalue weighted by atomic mass is 10.1. The van der Waals surface area contributed by atoms with E-state index in [1.807, 2.05) is 103 Å². The van der Waals surface area contributed by atoms with Gasteiger partial charge in [-0.25, -0.2) is 0 Å². The van der Waals surface area contributed by atoms with Crippen LogP contribution in [-0.4, -0.2) is 28.0 Å². The largest absolute Gasteiger partial charge is 0.480 e. The Hall–Kier alpha value is -4.38. The van der Waals surface area contributed by atoms with E-state index in [1.165, 1.54) is 6.42 Å². The summed E-state index contributed by atoms with van der Waals surface area (Å²) >= 11 is 0. The van der Waals surface area contributed by atoms with Crippen molar-refractivity contribution in [1.29, 1.82) is 0 Å². The number of hydrogen-bond donors (Lipinski definition) is 2. The Morgan fingerprint density at radius 2 is 1.65 bits per heavy atom. The number of allylic oxidation sites excluding steroid dienone is 1. The van der Waals surface area contributed by atoms with Crippen LogP contribution >= 0.6 is 0 Å². The maximum atomic E-state index is 13.3. The number of carboxylic acids is 1. The van der Waals surface area contributed by atoms with E-state index in [0.717, 1.165) is 27.6 Å². The van der Waals surface area contributed by atoms with Gasteiger partial charge in [0.05, 0.1) is 5.69 Å². The van der Waals surface area contributed by atoms with Gasteiger partial charge in [0, 0.05) is 28.7 Å². The number of benzene rings is 3. The van der Waals surface area contributed by atoms with E-state index in [1.54, 1.807) is 0 Å². The molecule has 0 fully saturated rings. The Bertz CT molecular complexity index is 1410. The second-order valence-corrected chi connectivity index (χ2v) is 8.85. The normalized spacial score (nSPS) is 10.7. The minimum atomic E-state index is -0.938. The van der Waals surface area contributed by atoms with Gasteiger partial charge in [0.15, 0.2) is 0 Å². The molecule has 2 N–H and O–H groups in total. The van der Waals surface area contributed by atoms with Crippen molar-refractivity contribution in [2.45, 2.75) is 33.7 Å². The molecule has 0 radical (unpaired) electrons. The minimum Gasteiger partial charge on any atom is -0.480 e. The third-order valence-corrected chi connectivity index (χ3v) is 5.64. The lowest BCUT2D eigenvalue weighted by molar-refractivity contribution is -0.135. The van der Waals surface area contributed by atoms with Crippen LogP contribution in [0.25, 0.3) is 22.7 Å². The van der Waals surface area contributed by atoms with Crippen LogP contribution in [0.4, 0.5) is 0 Å². The fourth-order valence-electron chi connectivity index (χ4n) is 3.86. The van der Waals surface area contributed by atoms with Crippen LogP contribution in [-0.2, 0) is 11.3 Å². The highest BCUT2D eigenvalue weighted by atomic mass is 16.4. The topological polar surface area (TPSA) is 71.3 Å². The summed E-state index contributed by atoms with van der Waals surface area (Å²) < 4.78 is 2.03. The molecule has 0 aliphatic rings. The first-order chi connectivity index (χ1) is 17.8. The number of aromatic nitrogens is 1. The van der Waals surface area contributed by atoms with E-state index in [-0.39, 0.29) is 12.3 Å². The number of para-hydroxylation sites is 1. The number of nitrogens with one attached hydrogen (secondary N) is 1. The van der Waals surface area contributed by atoms with Gasteiger partial charge in [0.2, 0.25) is 5.78 Å². The molecule has 3 aromatic carbocycles. The molecule has 4 aromatic rings. The Morgan fingerprint density at radius 1 is 0.946 bits per heavy atom. The zero-order valence-electron chi connectivity index (χ0n) is 21.7. The van der Waals surface area contributed by atoms with Gasteiger partial charge in [-0.2, -0.15) is 0 Å². The number of fused-ring (bicyclic) bond motifs is 1. The van der Waals surface area contributed by atoms with Crippen molar-refractivity contribution in [3.05, 3.63) is 119 Å². The van der Waals surface area contributed by atoms with E-state index in [4.69, 9.17) is 5.11 Å². The molecule has 0 saturated heterocycles. The lowest BCUT2D eigenvalue weighted by Gasteiger charge is -2.09. The van der Waals surface area contributed by atoms with E-state index in [0.29, 0.717) is 23.5 Å². The third-order valence-electron chi connectivity index (χ3n) is 5.64. The molecule has 1 aromatic heterocycles. The zero-order chi connectivity index (χ0) is 26.8. The van der Waals surface area contributed by atoms with Crippen molar-refractivity contribution in [3.63, 3.8) is 0 Å². The quantitative estimate of drug-likeness (QED) is 0.247. The van der Waals surface area contributed by atoms with Crippen LogP contribution in [0.15, 0.2) is 91.5 Å². The summed E-state index contributed by atoms with van der Waals surface area (Å²) in [6.45, 7) is 10.5. The number of nitrogens with zero attached hydrogens (tertiary/aromatic N) is 1. The molecule has 5 nitrogen and oxygen atoms in total. The van der Waals surface area contributed by atoms with Crippen LogP contribution in [0.1, 0.15) is 53.0 Å². The number of carbonyl (C=O) groups is 2. The number of rotatable bonds is 9. The average Bonchev–Trinajstić information content (AvgIpc) is 3.26. The van der Waals surface area contributed by atoms with Crippen molar-refractivity contribution in [2.75, 3.05) is 6.54 Å². The van der Waals surface area contributed by atoms with E-state index < -0.39 is 5.97 Å². The molecule has 190 valence electrons. The molecule has 0 saturated carbocycles. The average molecular weight is 495 g/mol. The van der Waals surface area contributed by atoms with Gasteiger partial charge >= 0.3 is 5.97 Å². The standard InChI is InChI=1S/C29H26N2O3.C3H8/c1-20-12-14-23(15-13-20)29(34)27-18-25-9-3-4-11-26(25)31(27)16-6-8-22-7-5-10-24(17-22)21(2)30-19-28(32)33;1-3-2/h3-15,17-18,30H,2,16,19H2,1H3,(H,32,33);3H2,1-2H3/b8-6+;. The van der Waals surface area contributed by atoms with Crippen LogP contribution < -0.4 is 5.32 Å². The van der Waals surface area contributed by atoms with Crippen molar-refractivity contribution < 1.29 is 14.7 Å². The van der Waals surface area contributed by atoms with Crippen molar-refractivity contribution >= 4 is 34.4 Å². The highest BCUT2D eigenvalue weighted by Crippen LogP contribution is 2.23. The van der Waals surface area contributed by atoms with E-state index >= 15 is 0 Å². The second kappa shape index (κ2) is 13.1.